The van der Waals surface area contributed by atoms with Crippen LogP contribution in [0.25, 0.3) is 0 Å². The number of carbonyl (C=O) groups is 2. The van der Waals surface area contributed by atoms with Gasteiger partial charge in [0.15, 0.2) is 5.82 Å². The molecule has 0 N–H and O–H groups in total. The summed E-state index contributed by atoms with van der Waals surface area (Å²) in [6, 6.07) is 1.90. The van der Waals surface area contributed by atoms with Crippen LogP contribution in [0.4, 0.5) is 5.82 Å². The molecule has 80 valence electrons. The second-order valence-electron chi connectivity index (χ2n) is 3.46. The fourth-order valence-electron chi connectivity index (χ4n) is 1.51. The van der Waals surface area contributed by atoms with E-state index in [1.54, 1.807) is 14.0 Å². The van der Waals surface area contributed by atoms with Crippen LogP contribution in [-0.4, -0.2) is 21.6 Å². The van der Waals surface area contributed by atoms with Gasteiger partial charge in [-0.1, -0.05) is 0 Å². The molecule has 0 bridgehead atoms. The molecule has 2 rings (SSSR count). The second kappa shape index (κ2) is 3.31. The largest absolute Gasteiger partial charge is 0.272 e. The normalized spacial score (nSPS) is 15.3. The summed E-state index contributed by atoms with van der Waals surface area (Å²) in [5.74, 6) is -0.800. The van der Waals surface area contributed by atoms with Crippen molar-refractivity contribution in [2.24, 2.45) is 7.05 Å². The van der Waals surface area contributed by atoms with Gasteiger partial charge in [-0.3, -0.25) is 14.3 Å². The highest BCUT2D eigenvalue weighted by atomic mass is 16.2. The second-order valence-corrected chi connectivity index (χ2v) is 3.46. The molecule has 0 atom stereocenters. The van der Waals surface area contributed by atoms with Crippen LogP contribution in [0, 0.1) is 11.3 Å². The highest BCUT2D eigenvalue weighted by molar-refractivity contribution is 6.30. The fourth-order valence-corrected chi connectivity index (χ4v) is 1.51. The molecule has 0 radical (unpaired) electrons. The van der Waals surface area contributed by atoms with Gasteiger partial charge in [0, 0.05) is 24.9 Å². The van der Waals surface area contributed by atoms with Crippen molar-refractivity contribution in [3.05, 3.63) is 23.4 Å². The van der Waals surface area contributed by atoms with Gasteiger partial charge in [0.2, 0.25) is 0 Å². The van der Waals surface area contributed by atoms with Gasteiger partial charge in [-0.15, -0.1) is 0 Å². The van der Waals surface area contributed by atoms with E-state index in [2.05, 4.69) is 5.10 Å². The number of aryl methyl sites for hydroxylation is 1. The lowest BCUT2D eigenvalue weighted by atomic mass is 10.3. The quantitative estimate of drug-likeness (QED) is 0.624. The number of hydrogen-bond donors (Lipinski definition) is 0. The Morgan fingerprint density at radius 1 is 1.44 bits per heavy atom. The van der Waals surface area contributed by atoms with Crippen LogP contribution in [-0.2, 0) is 16.6 Å². The molecule has 0 saturated carbocycles. The molecular formula is C10H8N4O2. The number of anilines is 1. The van der Waals surface area contributed by atoms with E-state index in [0.717, 1.165) is 4.90 Å². The molecule has 0 aromatic carbocycles. The molecule has 0 fully saturated rings. The van der Waals surface area contributed by atoms with Crippen molar-refractivity contribution in [1.29, 1.82) is 5.26 Å². The minimum atomic E-state index is -0.460. The summed E-state index contributed by atoms with van der Waals surface area (Å²) in [5, 5.41) is 12.8. The lowest BCUT2D eigenvalue weighted by molar-refractivity contribution is -0.120. The molecule has 0 unspecified atom stereocenters. The van der Waals surface area contributed by atoms with E-state index < -0.39 is 11.8 Å². The lowest BCUT2D eigenvalue weighted by Gasteiger charge is -2.10. The average molecular weight is 216 g/mol. The van der Waals surface area contributed by atoms with Crippen LogP contribution < -0.4 is 4.90 Å². The average Bonchev–Trinajstić information content (AvgIpc) is 2.69. The van der Waals surface area contributed by atoms with Crippen molar-refractivity contribution in [2.75, 3.05) is 4.90 Å². The van der Waals surface area contributed by atoms with Gasteiger partial charge in [0.1, 0.15) is 11.6 Å². The number of imide groups is 1. The molecule has 1 aromatic heterocycles. The van der Waals surface area contributed by atoms with E-state index in [-0.39, 0.29) is 11.4 Å². The Balaban J connectivity index is 2.51. The third kappa shape index (κ3) is 1.30. The molecule has 2 amide bonds. The van der Waals surface area contributed by atoms with E-state index in [1.807, 2.05) is 6.07 Å². The minimum Gasteiger partial charge on any atom is -0.272 e. The number of amides is 2. The summed E-state index contributed by atoms with van der Waals surface area (Å²) < 4.78 is 1.39. The van der Waals surface area contributed by atoms with Gasteiger partial charge in [0.25, 0.3) is 11.8 Å². The molecule has 0 spiro atoms. The van der Waals surface area contributed by atoms with Gasteiger partial charge in [-0.05, 0) is 6.92 Å². The van der Waals surface area contributed by atoms with E-state index in [1.165, 1.54) is 17.0 Å². The third-order valence-electron chi connectivity index (χ3n) is 2.24. The Kier molecular flexibility index (Phi) is 2.09. The maximum atomic E-state index is 11.7. The molecule has 1 aromatic rings. The standard InChI is InChI=1S/C10H8N4O2/c1-6-3-8(15)14(10(6)16)9-7(4-11)5-13(2)12-9/h3,5H,1-2H3. The van der Waals surface area contributed by atoms with Crippen LogP contribution in [0.1, 0.15) is 12.5 Å². The zero-order chi connectivity index (χ0) is 11.9. The number of hydrogen-bond acceptors (Lipinski definition) is 4. The molecule has 6 heteroatoms. The SMILES string of the molecule is CC1=CC(=O)N(c2nn(C)cc2C#N)C1=O. The number of aromatic nitrogens is 2. The fraction of sp³-hybridized carbons (Fsp3) is 0.200. The maximum Gasteiger partial charge on any atom is 0.262 e. The zero-order valence-electron chi connectivity index (χ0n) is 8.76. The lowest BCUT2D eigenvalue weighted by Crippen LogP contribution is -2.31. The Labute approximate surface area is 91.4 Å². The maximum absolute atomic E-state index is 11.7. The third-order valence-corrected chi connectivity index (χ3v) is 2.24. The molecular weight excluding hydrogens is 208 g/mol. The first-order valence-corrected chi connectivity index (χ1v) is 4.55. The van der Waals surface area contributed by atoms with Crippen molar-refractivity contribution < 1.29 is 9.59 Å². The molecule has 1 aliphatic rings. The molecule has 1 aliphatic heterocycles. The van der Waals surface area contributed by atoms with Gasteiger partial charge in [-0.25, -0.2) is 4.90 Å². The highest BCUT2D eigenvalue weighted by Crippen LogP contribution is 2.23. The van der Waals surface area contributed by atoms with Gasteiger partial charge in [-0.2, -0.15) is 10.4 Å². The van der Waals surface area contributed by atoms with Crippen LogP contribution in [0.5, 0.6) is 0 Å². The molecule has 0 aliphatic carbocycles. The zero-order valence-corrected chi connectivity index (χ0v) is 8.76. The first kappa shape index (κ1) is 10.1. The molecule has 16 heavy (non-hydrogen) atoms. The van der Waals surface area contributed by atoms with Crippen LogP contribution >= 0.6 is 0 Å². The molecule has 2 heterocycles. The van der Waals surface area contributed by atoms with E-state index >= 15 is 0 Å². The summed E-state index contributed by atoms with van der Waals surface area (Å²) in [4.78, 5) is 24.1. The van der Waals surface area contributed by atoms with Crippen LogP contribution in [0.15, 0.2) is 17.8 Å². The predicted molar refractivity (Wildman–Crippen MR) is 54.2 cm³/mol. The van der Waals surface area contributed by atoms with Crippen LogP contribution in [0.3, 0.4) is 0 Å². The summed E-state index contributed by atoms with van der Waals surface area (Å²) >= 11 is 0. The number of rotatable bonds is 1. The Hall–Kier alpha value is -2.42. The van der Waals surface area contributed by atoms with E-state index in [0.29, 0.717) is 5.57 Å². The summed E-state index contributed by atoms with van der Waals surface area (Å²) in [6.07, 6.45) is 2.70. The number of nitriles is 1. The summed E-state index contributed by atoms with van der Waals surface area (Å²) in [5.41, 5.74) is 0.548. The van der Waals surface area contributed by atoms with Crippen molar-refractivity contribution >= 4 is 17.6 Å². The highest BCUT2D eigenvalue weighted by Gasteiger charge is 2.33. The Morgan fingerprint density at radius 3 is 2.62 bits per heavy atom. The van der Waals surface area contributed by atoms with Crippen molar-refractivity contribution in [3.8, 4) is 6.07 Å². The van der Waals surface area contributed by atoms with Crippen molar-refractivity contribution in [1.82, 2.24) is 9.78 Å². The van der Waals surface area contributed by atoms with Crippen molar-refractivity contribution in [3.63, 3.8) is 0 Å². The topological polar surface area (TPSA) is 79.0 Å². The van der Waals surface area contributed by atoms with Gasteiger partial charge >= 0.3 is 0 Å². The van der Waals surface area contributed by atoms with Crippen LogP contribution in [0.2, 0.25) is 0 Å². The van der Waals surface area contributed by atoms with Gasteiger partial charge in [0.05, 0.1) is 0 Å². The minimum absolute atomic E-state index is 0.0908. The predicted octanol–water partition coefficient (Wildman–Crippen LogP) is 0.111. The van der Waals surface area contributed by atoms with E-state index in [9.17, 15) is 9.59 Å². The summed E-state index contributed by atoms with van der Waals surface area (Å²) in [7, 11) is 1.62. The van der Waals surface area contributed by atoms with Crippen molar-refractivity contribution in [2.45, 2.75) is 6.92 Å². The Morgan fingerprint density at radius 2 is 2.12 bits per heavy atom. The smallest absolute Gasteiger partial charge is 0.262 e. The number of nitrogens with zero attached hydrogens (tertiary/aromatic N) is 4. The van der Waals surface area contributed by atoms with Gasteiger partial charge < -0.3 is 0 Å². The first-order valence-electron chi connectivity index (χ1n) is 4.55. The summed E-state index contributed by atoms with van der Waals surface area (Å²) in [6.45, 7) is 1.55. The Bertz CT molecular complexity index is 562. The van der Waals surface area contributed by atoms with E-state index in [4.69, 9.17) is 5.26 Å². The molecule has 6 nitrogen and oxygen atoms in total. The monoisotopic (exact) mass is 216 g/mol. The number of carbonyl (C=O) groups excluding carboxylic acids is 2. The first-order chi connectivity index (χ1) is 7.54. The molecule has 0 saturated heterocycles.